The predicted molar refractivity (Wildman–Crippen MR) is 120 cm³/mol. The number of non-ortho nitro benzene ring substituents is 1. The quantitative estimate of drug-likeness (QED) is 0.414. The van der Waals surface area contributed by atoms with Crippen LogP contribution in [0.25, 0.3) is 11.6 Å². The lowest BCUT2D eigenvalue weighted by Crippen LogP contribution is -2.29. The molecule has 4 rings (SSSR count). The normalized spacial score (nSPS) is 14.4. The minimum Gasteiger partial charge on any atom is -0.261 e. The average molecular weight is 451 g/mol. The van der Waals surface area contributed by atoms with Gasteiger partial charge in [0.25, 0.3) is 21.4 Å². The van der Waals surface area contributed by atoms with Gasteiger partial charge >= 0.3 is 0 Å². The van der Waals surface area contributed by atoms with Gasteiger partial charge in [0.1, 0.15) is 0 Å². The molecule has 32 heavy (non-hydrogen) atoms. The number of benzene rings is 3. The lowest BCUT2D eigenvalue weighted by atomic mass is 10.0. The Hall–Kier alpha value is -4.05. The van der Waals surface area contributed by atoms with Gasteiger partial charge in [-0.3, -0.25) is 24.5 Å². The van der Waals surface area contributed by atoms with E-state index < -0.39 is 31.2 Å². The predicted octanol–water partition coefficient (Wildman–Crippen LogP) is 4.56. The minimum absolute atomic E-state index is 0.0100. The third-order valence-corrected chi connectivity index (χ3v) is 6.92. The highest BCUT2D eigenvalue weighted by atomic mass is 32.2. The van der Waals surface area contributed by atoms with Crippen LogP contribution in [0.5, 0.6) is 0 Å². The molecule has 1 heterocycles. The summed E-state index contributed by atoms with van der Waals surface area (Å²) in [6.45, 7) is 1.62. The number of sulfonamides is 1. The summed E-state index contributed by atoms with van der Waals surface area (Å²) >= 11 is 0. The van der Waals surface area contributed by atoms with Gasteiger partial charge in [0.15, 0.2) is 0 Å². The van der Waals surface area contributed by atoms with E-state index in [1.165, 1.54) is 12.1 Å². The van der Waals surface area contributed by atoms with Crippen molar-refractivity contribution in [2.45, 2.75) is 11.8 Å². The topological polar surface area (TPSA) is 124 Å². The average Bonchev–Trinajstić information content (AvgIpc) is 3.13. The summed E-state index contributed by atoms with van der Waals surface area (Å²) < 4.78 is 27.8. The smallest absolute Gasteiger partial charge is 0.261 e. The van der Waals surface area contributed by atoms with Crippen molar-refractivity contribution in [2.24, 2.45) is 0 Å². The summed E-state index contributed by atoms with van der Waals surface area (Å²) in [5.41, 5.74) is 0.855. The van der Waals surface area contributed by atoms with Crippen LogP contribution < -0.4 is 4.31 Å². The van der Waals surface area contributed by atoms with E-state index in [4.69, 9.17) is 0 Å². The summed E-state index contributed by atoms with van der Waals surface area (Å²) in [6, 6.07) is 17.0. The number of rotatable bonds is 5. The fourth-order valence-corrected chi connectivity index (χ4v) is 5.06. The molecule has 0 spiro atoms. The molecule has 162 valence electrons. The molecule has 0 bridgehead atoms. The van der Waals surface area contributed by atoms with Gasteiger partial charge in [0, 0.05) is 6.07 Å². The van der Waals surface area contributed by atoms with Crippen molar-refractivity contribution in [1.82, 2.24) is 0 Å². The number of aryl methyl sites for hydroxylation is 1. The van der Waals surface area contributed by atoms with Crippen LogP contribution in [0.1, 0.15) is 16.7 Å². The number of nitrogens with zero attached hydrogens (tertiary/aromatic N) is 3. The Morgan fingerprint density at radius 1 is 0.938 bits per heavy atom. The molecule has 10 heteroatoms. The fraction of sp³-hybridized carbons (Fsp3) is 0.0909. The maximum atomic E-state index is 13.4. The summed E-state index contributed by atoms with van der Waals surface area (Å²) in [7, 11) is -4.13. The summed E-state index contributed by atoms with van der Waals surface area (Å²) in [4.78, 5) is 21.7. The fourth-order valence-electron chi connectivity index (χ4n) is 3.61. The maximum absolute atomic E-state index is 13.4. The van der Waals surface area contributed by atoms with Crippen LogP contribution in [0.4, 0.5) is 17.1 Å². The highest BCUT2D eigenvalue weighted by Crippen LogP contribution is 2.46. The second kappa shape index (κ2) is 7.89. The SMILES string of the molecule is Cc1ccc(S(=O)(=O)N2CC(=Cc3ccccc3)c3c2cc([N+](=O)[O-])cc3[N+](=O)[O-])cc1. The maximum Gasteiger partial charge on any atom is 0.285 e. The number of fused-ring (bicyclic) bond motifs is 1. The number of hydrogen-bond acceptors (Lipinski definition) is 6. The Kier molecular flexibility index (Phi) is 5.23. The molecular formula is C22H17N3O6S. The van der Waals surface area contributed by atoms with Gasteiger partial charge < -0.3 is 0 Å². The van der Waals surface area contributed by atoms with E-state index >= 15 is 0 Å². The Morgan fingerprint density at radius 3 is 2.19 bits per heavy atom. The number of hydrogen-bond donors (Lipinski definition) is 0. The molecule has 0 N–H and O–H groups in total. The first kappa shape index (κ1) is 21.2. The van der Waals surface area contributed by atoms with Crippen molar-refractivity contribution >= 4 is 38.7 Å². The molecule has 0 atom stereocenters. The highest BCUT2D eigenvalue weighted by molar-refractivity contribution is 7.92. The van der Waals surface area contributed by atoms with Crippen LogP contribution >= 0.6 is 0 Å². The zero-order chi connectivity index (χ0) is 23.0. The highest BCUT2D eigenvalue weighted by Gasteiger charge is 2.40. The van der Waals surface area contributed by atoms with Crippen molar-refractivity contribution in [3.05, 3.63) is 104 Å². The minimum atomic E-state index is -4.13. The molecule has 0 fully saturated rings. The first-order valence-corrected chi connectivity index (χ1v) is 10.9. The molecule has 9 nitrogen and oxygen atoms in total. The molecule has 0 saturated carbocycles. The zero-order valence-electron chi connectivity index (χ0n) is 16.8. The molecule has 1 aliphatic heterocycles. The van der Waals surface area contributed by atoms with Gasteiger partial charge in [0.05, 0.1) is 38.6 Å². The van der Waals surface area contributed by atoms with E-state index in [2.05, 4.69) is 0 Å². The molecule has 0 radical (unpaired) electrons. The van der Waals surface area contributed by atoms with Crippen LogP contribution in [0.2, 0.25) is 0 Å². The Labute approximate surface area is 183 Å². The standard InChI is InChI=1S/C22H17N3O6S/c1-15-7-9-19(10-8-15)32(30,31)23-14-17(11-16-5-3-2-4-6-16)22-20(23)12-18(24(26)27)13-21(22)25(28)29/h2-13H,14H2,1H3. The van der Waals surface area contributed by atoms with Crippen LogP contribution in [-0.4, -0.2) is 24.8 Å². The first-order valence-electron chi connectivity index (χ1n) is 9.51. The molecular weight excluding hydrogens is 434 g/mol. The lowest BCUT2D eigenvalue weighted by molar-refractivity contribution is -0.394. The first-order chi connectivity index (χ1) is 15.2. The summed E-state index contributed by atoms with van der Waals surface area (Å²) in [6.07, 6.45) is 1.66. The third kappa shape index (κ3) is 3.71. The number of anilines is 1. The van der Waals surface area contributed by atoms with Crippen molar-refractivity contribution in [3.8, 4) is 0 Å². The molecule has 3 aromatic rings. The van der Waals surface area contributed by atoms with Crippen LogP contribution in [-0.2, 0) is 10.0 Å². The van der Waals surface area contributed by atoms with E-state index in [-0.39, 0.29) is 22.7 Å². The van der Waals surface area contributed by atoms with Gasteiger partial charge in [-0.05, 0) is 36.3 Å². The van der Waals surface area contributed by atoms with Gasteiger partial charge in [-0.25, -0.2) is 8.42 Å². The molecule has 0 amide bonds. The monoisotopic (exact) mass is 451 g/mol. The Bertz CT molecular complexity index is 1370. The van der Waals surface area contributed by atoms with E-state index in [1.54, 1.807) is 42.5 Å². The number of nitro benzene ring substituents is 2. The number of nitro groups is 2. The Balaban J connectivity index is 1.98. The van der Waals surface area contributed by atoms with Gasteiger partial charge in [-0.1, -0.05) is 48.0 Å². The second-order valence-corrected chi connectivity index (χ2v) is 9.14. The van der Waals surface area contributed by atoms with Gasteiger partial charge in [-0.15, -0.1) is 0 Å². The molecule has 3 aromatic carbocycles. The molecule has 0 saturated heterocycles. The molecule has 0 unspecified atom stereocenters. The Morgan fingerprint density at radius 2 is 1.59 bits per heavy atom. The zero-order valence-corrected chi connectivity index (χ0v) is 17.7. The lowest BCUT2D eigenvalue weighted by Gasteiger charge is -2.19. The summed E-state index contributed by atoms with van der Waals surface area (Å²) in [5.74, 6) is 0. The van der Waals surface area contributed by atoms with E-state index in [1.807, 2.05) is 13.0 Å². The largest absolute Gasteiger partial charge is 0.285 e. The molecule has 0 aromatic heterocycles. The van der Waals surface area contributed by atoms with Gasteiger partial charge in [-0.2, -0.15) is 0 Å². The summed E-state index contributed by atoms with van der Waals surface area (Å²) in [5, 5.41) is 23.2. The van der Waals surface area contributed by atoms with Crippen LogP contribution in [0, 0.1) is 27.2 Å². The second-order valence-electron chi connectivity index (χ2n) is 7.28. The molecule has 0 aliphatic carbocycles. The van der Waals surface area contributed by atoms with Gasteiger partial charge in [0.2, 0.25) is 0 Å². The van der Waals surface area contributed by atoms with Crippen molar-refractivity contribution in [1.29, 1.82) is 0 Å². The van der Waals surface area contributed by atoms with Crippen molar-refractivity contribution in [2.75, 3.05) is 10.8 Å². The van der Waals surface area contributed by atoms with Crippen LogP contribution in [0.15, 0.2) is 71.6 Å². The van der Waals surface area contributed by atoms with Crippen LogP contribution in [0.3, 0.4) is 0 Å². The van der Waals surface area contributed by atoms with E-state index in [0.29, 0.717) is 5.57 Å². The van der Waals surface area contributed by atoms with E-state index in [9.17, 15) is 28.6 Å². The van der Waals surface area contributed by atoms with Crippen molar-refractivity contribution in [3.63, 3.8) is 0 Å². The molecule has 1 aliphatic rings. The van der Waals surface area contributed by atoms with E-state index in [0.717, 1.165) is 27.6 Å². The van der Waals surface area contributed by atoms with Crippen molar-refractivity contribution < 1.29 is 18.3 Å². The third-order valence-electron chi connectivity index (χ3n) is 5.14.